The molecule has 7 heavy (non-hydrogen) atoms. The molecule has 0 rings (SSSR count). The molecule has 0 aliphatic heterocycles. The molecule has 0 aromatic carbocycles. The first kappa shape index (κ1) is 10.7. The Morgan fingerprint density at radius 1 is 1.57 bits per heavy atom. The van der Waals surface area contributed by atoms with E-state index in [1.165, 1.54) is 6.42 Å². The van der Waals surface area contributed by atoms with E-state index in [1.54, 1.807) is 0 Å². The minimum Gasteiger partial charge on any atom is -0.147 e. The van der Waals surface area contributed by atoms with Crippen LogP contribution in [0, 0.1) is 0 Å². The average molecular weight is 165 g/mol. The standard InChI is InChI=1S/C4H9O.ClH.Fe/c1-2-3-4-5;;/h2-4H2,1H3;1H;/q-1;;+1. The fraction of sp³-hybridized carbons (Fsp3) is 1.00. The van der Waals surface area contributed by atoms with Crippen LogP contribution in [0.4, 0.5) is 0 Å². The predicted octanol–water partition coefficient (Wildman–Crippen LogP) is 1.69. The third-order valence-electron chi connectivity index (χ3n) is 0.570. The molecule has 3 heteroatoms. The minimum atomic E-state index is 0. The smallest absolute Gasteiger partial charge is 0.147 e. The topological polar surface area (TPSA) is 9.23 Å². The van der Waals surface area contributed by atoms with E-state index in [0.29, 0.717) is 0 Å². The van der Waals surface area contributed by atoms with Crippen LogP contribution in [0.15, 0.2) is 0 Å². The van der Waals surface area contributed by atoms with Gasteiger partial charge in [0.25, 0.3) is 0 Å². The van der Waals surface area contributed by atoms with Crippen molar-refractivity contribution in [1.29, 1.82) is 0 Å². The molecular weight excluding hydrogens is 155 g/mol. The first-order chi connectivity index (χ1) is 2.91. The van der Waals surface area contributed by atoms with Gasteiger partial charge in [0.05, 0.1) is 0 Å². The Labute approximate surface area is 59.4 Å². The van der Waals surface area contributed by atoms with Crippen LogP contribution in [0.3, 0.4) is 0 Å². The van der Waals surface area contributed by atoms with Gasteiger partial charge < -0.3 is 0 Å². The van der Waals surface area contributed by atoms with Crippen LogP contribution in [0.25, 0.3) is 0 Å². The van der Waals surface area contributed by atoms with Gasteiger partial charge in [-0.3, -0.25) is 0 Å². The van der Waals surface area contributed by atoms with Crippen LogP contribution >= 0.6 is 12.4 Å². The molecule has 0 spiro atoms. The van der Waals surface area contributed by atoms with E-state index in [9.17, 15) is 0 Å². The summed E-state index contributed by atoms with van der Waals surface area (Å²) in [4.78, 5) is 0. The number of hydrogen-bond acceptors (Lipinski definition) is 1. The van der Waals surface area contributed by atoms with E-state index in [1.807, 2.05) is 0 Å². The van der Waals surface area contributed by atoms with E-state index < -0.39 is 0 Å². The van der Waals surface area contributed by atoms with Gasteiger partial charge in [0.15, 0.2) is 0 Å². The van der Waals surface area contributed by atoms with Crippen LogP contribution < -0.4 is 0 Å². The third kappa shape index (κ3) is 10.8. The monoisotopic (exact) mass is 165 g/mol. The van der Waals surface area contributed by atoms with Gasteiger partial charge >= 0.3 is 46.5 Å². The van der Waals surface area contributed by atoms with Crippen LogP contribution in [-0.2, 0) is 20.2 Å². The van der Waals surface area contributed by atoms with Crippen LogP contribution in [0.2, 0.25) is 0 Å². The molecule has 0 N–H and O–H groups in total. The van der Waals surface area contributed by atoms with Gasteiger partial charge in [0.1, 0.15) is 0 Å². The Hall–Kier alpha value is 0.769. The molecular formula is C4H10ClFeO. The van der Waals surface area contributed by atoms with E-state index in [4.69, 9.17) is 0 Å². The molecule has 0 saturated carbocycles. The van der Waals surface area contributed by atoms with Crippen LogP contribution in [-0.4, -0.2) is 6.61 Å². The normalized spacial score (nSPS) is 7.71. The molecule has 0 bridgehead atoms. The Bertz CT molecular complexity index is 23.7. The van der Waals surface area contributed by atoms with Gasteiger partial charge in [-0.2, -0.15) is 0 Å². The van der Waals surface area contributed by atoms with Crippen molar-refractivity contribution in [2.24, 2.45) is 0 Å². The van der Waals surface area contributed by atoms with Crippen molar-refractivity contribution in [1.82, 2.24) is 0 Å². The van der Waals surface area contributed by atoms with E-state index >= 15 is 0 Å². The quantitative estimate of drug-likeness (QED) is 0.457. The minimum absolute atomic E-state index is 0. The van der Waals surface area contributed by atoms with Crippen LogP contribution in [0.5, 0.6) is 0 Å². The van der Waals surface area contributed by atoms with Crippen LogP contribution in [0.1, 0.15) is 19.8 Å². The summed E-state index contributed by atoms with van der Waals surface area (Å²) in [5, 5.41) is 0. The van der Waals surface area contributed by atoms with E-state index in [2.05, 4.69) is 27.1 Å². The number of hydrogen-bond donors (Lipinski definition) is 0. The number of rotatable bonds is 3. The van der Waals surface area contributed by atoms with Gasteiger partial charge in [0, 0.05) is 0 Å². The van der Waals surface area contributed by atoms with Crippen molar-refractivity contribution in [2.45, 2.75) is 19.8 Å². The first-order valence-corrected chi connectivity index (χ1v) is 2.59. The fourth-order valence-electron chi connectivity index (χ4n) is 0.195. The summed E-state index contributed by atoms with van der Waals surface area (Å²) in [6.07, 6.45) is 2.32. The molecule has 1 nitrogen and oxygen atoms in total. The maximum Gasteiger partial charge on any atom is -0.147 e. The summed E-state index contributed by atoms with van der Waals surface area (Å²) >= 11 is 3.22. The van der Waals surface area contributed by atoms with Crippen molar-refractivity contribution >= 4 is 12.4 Å². The Morgan fingerprint density at radius 2 is 2.14 bits per heavy atom. The zero-order valence-corrected chi connectivity index (χ0v) is 6.21. The summed E-state index contributed by atoms with van der Waals surface area (Å²) in [6, 6.07) is 0. The molecule has 0 atom stereocenters. The van der Waals surface area contributed by atoms with Crippen molar-refractivity contribution in [3.8, 4) is 0 Å². The van der Waals surface area contributed by atoms with Gasteiger partial charge in [0.2, 0.25) is 0 Å². The molecule has 0 fully saturated rings. The second kappa shape index (κ2) is 9.91. The number of unbranched alkanes of at least 4 members (excludes halogenated alkanes) is 1. The average Bonchev–Trinajstić information content (AvgIpc) is 1.61. The SMILES string of the molecule is CCCC[O][Fe].Cl. The van der Waals surface area contributed by atoms with E-state index in [0.717, 1.165) is 13.0 Å². The van der Waals surface area contributed by atoms with Crippen molar-refractivity contribution in [3.63, 3.8) is 0 Å². The maximum absolute atomic E-state index is 4.53. The zero-order chi connectivity index (χ0) is 4.83. The van der Waals surface area contributed by atoms with Crippen molar-refractivity contribution < 1.29 is 20.2 Å². The Balaban J connectivity index is 0. The molecule has 0 heterocycles. The van der Waals surface area contributed by atoms with E-state index in [-0.39, 0.29) is 12.4 Å². The third-order valence-corrected chi connectivity index (χ3v) is 0.795. The molecule has 0 aliphatic rings. The summed E-state index contributed by atoms with van der Waals surface area (Å²) in [5.41, 5.74) is 0. The molecule has 0 amide bonds. The molecule has 0 radical (unpaired) electrons. The molecule has 0 saturated heterocycles. The van der Waals surface area contributed by atoms with Gasteiger partial charge in [-0.25, -0.2) is 0 Å². The second-order valence-electron chi connectivity index (χ2n) is 1.16. The summed E-state index contributed by atoms with van der Waals surface area (Å²) in [5.74, 6) is 0. The summed E-state index contributed by atoms with van der Waals surface area (Å²) < 4.78 is 4.53. The molecule has 0 unspecified atom stereocenters. The fourth-order valence-corrected chi connectivity index (χ4v) is 0.355. The Kier molecular flexibility index (Phi) is 15.1. The summed E-state index contributed by atoms with van der Waals surface area (Å²) in [7, 11) is 0. The Morgan fingerprint density at radius 3 is 2.29 bits per heavy atom. The maximum atomic E-state index is 4.53. The molecule has 0 aromatic heterocycles. The van der Waals surface area contributed by atoms with Crippen molar-refractivity contribution in [2.75, 3.05) is 6.61 Å². The second-order valence-corrected chi connectivity index (χ2v) is 1.48. The van der Waals surface area contributed by atoms with Gasteiger partial charge in [-0.1, -0.05) is 0 Å². The van der Waals surface area contributed by atoms with Gasteiger partial charge in [-0.15, -0.1) is 12.4 Å². The predicted molar refractivity (Wildman–Crippen MR) is 28.1 cm³/mol. The molecule has 0 aromatic rings. The first-order valence-electron chi connectivity index (χ1n) is 2.14. The largest absolute Gasteiger partial charge is 0.147 e. The van der Waals surface area contributed by atoms with Gasteiger partial charge in [-0.05, 0) is 0 Å². The zero-order valence-electron chi connectivity index (χ0n) is 4.29. The number of halogens is 1. The molecule has 47 valence electrons. The summed E-state index contributed by atoms with van der Waals surface area (Å²) in [6.45, 7) is 2.93. The van der Waals surface area contributed by atoms with Crippen molar-refractivity contribution in [3.05, 3.63) is 0 Å². The molecule has 0 aliphatic carbocycles.